The summed E-state index contributed by atoms with van der Waals surface area (Å²) in [5, 5.41) is 9.33. The number of carbonyl (C=O) groups is 2. The molecule has 6 nitrogen and oxygen atoms in total. The SMILES string of the molecule is CC(C)Oc1ccc(C2=C(N(C)CCO)C(=O)N(Cc3ccc(F)cc3)C2=O)cc1. The van der Waals surface area contributed by atoms with Gasteiger partial charge in [0.05, 0.1) is 24.8 Å². The van der Waals surface area contributed by atoms with Crippen LogP contribution < -0.4 is 4.74 Å². The molecule has 1 aliphatic heterocycles. The molecule has 0 aliphatic carbocycles. The van der Waals surface area contributed by atoms with Crippen LogP contribution in [0.2, 0.25) is 0 Å². The number of benzene rings is 2. The Labute approximate surface area is 175 Å². The van der Waals surface area contributed by atoms with Crippen LogP contribution in [0.25, 0.3) is 5.57 Å². The van der Waals surface area contributed by atoms with Gasteiger partial charge in [-0.05, 0) is 49.2 Å². The van der Waals surface area contributed by atoms with E-state index in [0.717, 1.165) is 4.90 Å². The molecule has 0 fully saturated rings. The summed E-state index contributed by atoms with van der Waals surface area (Å²) in [5.41, 5.74) is 1.73. The lowest BCUT2D eigenvalue weighted by Crippen LogP contribution is -2.34. The van der Waals surface area contributed by atoms with Gasteiger partial charge in [-0.2, -0.15) is 0 Å². The summed E-state index contributed by atoms with van der Waals surface area (Å²) >= 11 is 0. The maximum Gasteiger partial charge on any atom is 0.278 e. The molecule has 1 aliphatic rings. The average molecular weight is 412 g/mol. The van der Waals surface area contributed by atoms with Crippen molar-refractivity contribution in [2.24, 2.45) is 0 Å². The van der Waals surface area contributed by atoms with E-state index in [1.54, 1.807) is 48.3 Å². The summed E-state index contributed by atoms with van der Waals surface area (Å²) < 4.78 is 18.9. The van der Waals surface area contributed by atoms with Crippen molar-refractivity contribution in [1.29, 1.82) is 0 Å². The highest BCUT2D eigenvalue weighted by Crippen LogP contribution is 2.33. The van der Waals surface area contributed by atoms with Crippen LogP contribution in [-0.4, -0.2) is 53.0 Å². The topological polar surface area (TPSA) is 70.1 Å². The second kappa shape index (κ2) is 9.09. The van der Waals surface area contributed by atoms with Gasteiger partial charge in [-0.25, -0.2) is 4.39 Å². The first kappa shape index (κ1) is 21.5. The lowest BCUT2D eigenvalue weighted by Gasteiger charge is -2.20. The minimum absolute atomic E-state index is 0.0159. The Hall–Kier alpha value is -3.19. The number of aliphatic hydroxyl groups excluding tert-OH is 1. The second-order valence-electron chi connectivity index (χ2n) is 7.38. The molecule has 2 aromatic carbocycles. The van der Waals surface area contributed by atoms with Gasteiger partial charge in [0.15, 0.2) is 0 Å². The molecule has 0 bridgehead atoms. The summed E-state index contributed by atoms with van der Waals surface area (Å²) in [7, 11) is 1.66. The third-order valence-electron chi connectivity index (χ3n) is 4.73. The molecule has 3 rings (SSSR count). The number of hydrogen-bond donors (Lipinski definition) is 1. The molecule has 1 heterocycles. The number of amides is 2. The highest BCUT2D eigenvalue weighted by molar-refractivity contribution is 6.35. The molecule has 2 amide bonds. The quantitative estimate of drug-likeness (QED) is 0.676. The Morgan fingerprint density at radius 1 is 1.03 bits per heavy atom. The largest absolute Gasteiger partial charge is 0.491 e. The summed E-state index contributed by atoms with van der Waals surface area (Å²) in [4.78, 5) is 29.1. The van der Waals surface area contributed by atoms with Crippen molar-refractivity contribution in [3.63, 3.8) is 0 Å². The molecule has 2 aromatic rings. The molecular weight excluding hydrogens is 387 g/mol. The number of aliphatic hydroxyl groups is 1. The normalized spacial score (nSPS) is 14.1. The maximum absolute atomic E-state index is 13.2. The van der Waals surface area contributed by atoms with Gasteiger partial charge in [-0.3, -0.25) is 14.5 Å². The van der Waals surface area contributed by atoms with Crippen LogP contribution in [0.1, 0.15) is 25.0 Å². The van der Waals surface area contributed by atoms with Crippen LogP contribution in [0.4, 0.5) is 4.39 Å². The van der Waals surface area contributed by atoms with Gasteiger partial charge in [0.1, 0.15) is 17.3 Å². The highest BCUT2D eigenvalue weighted by atomic mass is 19.1. The monoisotopic (exact) mass is 412 g/mol. The second-order valence-corrected chi connectivity index (χ2v) is 7.38. The van der Waals surface area contributed by atoms with Crippen LogP contribution in [-0.2, 0) is 16.1 Å². The number of likely N-dealkylation sites (N-methyl/N-ethyl adjacent to an activating group) is 1. The van der Waals surface area contributed by atoms with Gasteiger partial charge in [0.25, 0.3) is 11.8 Å². The van der Waals surface area contributed by atoms with E-state index in [0.29, 0.717) is 16.9 Å². The minimum atomic E-state index is -0.446. The first-order chi connectivity index (χ1) is 14.3. The first-order valence-corrected chi connectivity index (χ1v) is 9.75. The van der Waals surface area contributed by atoms with Crippen LogP contribution in [0, 0.1) is 5.82 Å². The zero-order valence-corrected chi connectivity index (χ0v) is 17.3. The number of hydrogen-bond acceptors (Lipinski definition) is 5. The number of rotatable bonds is 8. The molecule has 0 spiro atoms. The van der Waals surface area contributed by atoms with Gasteiger partial charge in [0, 0.05) is 13.6 Å². The molecule has 0 atom stereocenters. The van der Waals surface area contributed by atoms with E-state index in [1.165, 1.54) is 12.1 Å². The fourth-order valence-electron chi connectivity index (χ4n) is 3.33. The summed E-state index contributed by atoms with van der Waals surface area (Å²) in [5.74, 6) is -0.595. The summed E-state index contributed by atoms with van der Waals surface area (Å²) in [6, 6.07) is 12.7. The summed E-state index contributed by atoms with van der Waals surface area (Å²) in [6.07, 6.45) is 0.0159. The zero-order valence-electron chi connectivity index (χ0n) is 17.3. The lowest BCUT2D eigenvalue weighted by atomic mass is 10.0. The first-order valence-electron chi connectivity index (χ1n) is 9.75. The van der Waals surface area contributed by atoms with Crippen molar-refractivity contribution in [1.82, 2.24) is 9.80 Å². The van der Waals surface area contributed by atoms with E-state index in [4.69, 9.17) is 4.74 Å². The fraction of sp³-hybridized carbons (Fsp3) is 0.304. The standard InChI is InChI=1S/C23H25FN2O4/c1-15(2)30-19-10-6-17(7-11-19)20-21(25(3)12-13-27)23(29)26(22(20)28)14-16-4-8-18(24)9-5-16/h4-11,15,27H,12-14H2,1-3H3. The zero-order chi connectivity index (χ0) is 21.8. The van der Waals surface area contributed by atoms with E-state index in [9.17, 15) is 19.1 Å². The van der Waals surface area contributed by atoms with Crippen molar-refractivity contribution in [3.8, 4) is 5.75 Å². The Bertz CT molecular complexity index is 952. The molecule has 0 aromatic heterocycles. The minimum Gasteiger partial charge on any atom is -0.491 e. The number of ether oxygens (including phenoxy) is 1. The van der Waals surface area contributed by atoms with Crippen molar-refractivity contribution in [3.05, 3.63) is 71.2 Å². The van der Waals surface area contributed by atoms with Crippen molar-refractivity contribution in [2.45, 2.75) is 26.5 Å². The Kier molecular flexibility index (Phi) is 6.52. The smallest absolute Gasteiger partial charge is 0.278 e. The van der Waals surface area contributed by atoms with Crippen molar-refractivity contribution >= 4 is 17.4 Å². The molecule has 0 saturated heterocycles. The molecule has 158 valence electrons. The lowest BCUT2D eigenvalue weighted by molar-refractivity contribution is -0.138. The molecule has 1 N–H and O–H groups in total. The van der Waals surface area contributed by atoms with Crippen molar-refractivity contribution < 1.29 is 23.8 Å². The van der Waals surface area contributed by atoms with Gasteiger partial charge in [-0.1, -0.05) is 24.3 Å². The van der Waals surface area contributed by atoms with E-state index in [1.807, 2.05) is 13.8 Å². The fourth-order valence-corrected chi connectivity index (χ4v) is 3.33. The molecule has 7 heteroatoms. The number of carbonyl (C=O) groups excluding carboxylic acids is 2. The molecule has 0 radical (unpaired) electrons. The van der Waals surface area contributed by atoms with Crippen LogP contribution in [0.3, 0.4) is 0 Å². The Morgan fingerprint density at radius 2 is 1.67 bits per heavy atom. The van der Waals surface area contributed by atoms with Gasteiger partial charge in [0.2, 0.25) is 0 Å². The van der Waals surface area contributed by atoms with E-state index < -0.39 is 11.8 Å². The predicted molar refractivity (Wildman–Crippen MR) is 111 cm³/mol. The predicted octanol–water partition coefficient (Wildman–Crippen LogP) is 2.82. The molecule has 30 heavy (non-hydrogen) atoms. The number of nitrogens with zero attached hydrogens (tertiary/aromatic N) is 2. The Morgan fingerprint density at radius 3 is 2.23 bits per heavy atom. The molecule has 0 unspecified atom stereocenters. The molecule has 0 saturated carbocycles. The van der Waals surface area contributed by atoms with E-state index >= 15 is 0 Å². The van der Waals surface area contributed by atoms with Crippen LogP contribution in [0.5, 0.6) is 5.75 Å². The maximum atomic E-state index is 13.2. The third-order valence-corrected chi connectivity index (χ3v) is 4.73. The van der Waals surface area contributed by atoms with E-state index in [2.05, 4.69) is 0 Å². The van der Waals surface area contributed by atoms with Gasteiger partial charge < -0.3 is 14.7 Å². The molecular formula is C23H25FN2O4. The Balaban J connectivity index is 1.96. The van der Waals surface area contributed by atoms with Gasteiger partial charge >= 0.3 is 0 Å². The van der Waals surface area contributed by atoms with Gasteiger partial charge in [-0.15, -0.1) is 0 Å². The highest BCUT2D eigenvalue weighted by Gasteiger charge is 2.40. The third kappa shape index (κ3) is 4.52. The van der Waals surface area contributed by atoms with E-state index in [-0.39, 0.29) is 42.9 Å². The van der Waals surface area contributed by atoms with Crippen LogP contribution in [0.15, 0.2) is 54.2 Å². The van der Waals surface area contributed by atoms with Crippen LogP contribution >= 0.6 is 0 Å². The van der Waals surface area contributed by atoms with Crippen molar-refractivity contribution in [2.75, 3.05) is 20.2 Å². The number of imide groups is 1. The average Bonchev–Trinajstić information content (AvgIpc) is 2.95. The summed E-state index contributed by atoms with van der Waals surface area (Å²) in [6.45, 7) is 3.92. The number of halogens is 1.